The molecule has 2 heterocycles. The van der Waals surface area contributed by atoms with Gasteiger partial charge in [-0.05, 0) is 38.8 Å². The molecule has 4 N–H and O–H groups in total. The maximum absolute atomic E-state index is 11.4. The smallest absolute Gasteiger partial charge is 0.250 e. The molecular formula is C14H18N4O. The van der Waals surface area contributed by atoms with Crippen LogP contribution in [0.2, 0.25) is 0 Å². The van der Waals surface area contributed by atoms with Crippen LogP contribution in [0.4, 0.5) is 0 Å². The van der Waals surface area contributed by atoms with Crippen LogP contribution in [0.1, 0.15) is 42.9 Å². The van der Waals surface area contributed by atoms with E-state index in [0.717, 1.165) is 24.2 Å². The second kappa shape index (κ2) is 4.06. The Morgan fingerprint density at radius 3 is 2.95 bits per heavy atom. The number of hydrogen-bond acceptors (Lipinski definition) is 3. The van der Waals surface area contributed by atoms with Gasteiger partial charge in [0.05, 0.1) is 16.6 Å². The molecular weight excluding hydrogens is 240 g/mol. The van der Waals surface area contributed by atoms with E-state index in [4.69, 9.17) is 5.73 Å². The summed E-state index contributed by atoms with van der Waals surface area (Å²) < 4.78 is 0. The van der Waals surface area contributed by atoms with E-state index in [2.05, 4.69) is 29.1 Å². The quantitative estimate of drug-likeness (QED) is 0.765. The van der Waals surface area contributed by atoms with Gasteiger partial charge in [-0.2, -0.15) is 0 Å². The second-order valence-electron chi connectivity index (χ2n) is 5.57. The summed E-state index contributed by atoms with van der Waals surface area (Å²) in [6, 6.07) is 5.92. The van der Waals surface area contributed by atoms with Gasteiger partial charge in [-0.1, -0.05) is 6.07 Å². The highest BCUT2D eigenvalue weighted by molar-refractivity contribution is 6.04. The minimum absolute atomic E-state index is 0.159. The van der Waals surface area contributed by atoms with Crippen molar-refractivity contribution in [2.24, 2.45) is 5.73 Å². The fraction of sp³-hybridized carbons (Fsp3) is 0.429. The molecule has 100 valence electrons. The third kappa shape index (κ3) is 1.90. The number of amides is 1. The molecule has 0 bridgehead atoms. The van der Waals surface area contributed by atoms with Crippen LogP contribution in [0.5, 0.6) is 0 Å². The number of fused-ring (bicyclic) bond motifs is 1. The van der Waals surface area contributed by atoms with E-state index in [9.17, 15) is 4.79 Å². The average molecular weight is 258 g/mol. The molecule has 2 atom stereocenters. The topological polar surface area (TPSA) is 83.8 Å². The molecule has 5 nitrogen and oxygen atoms in total. The number of H-pyrrole nitrogens is 1. The number of imidazole rings is 1. The van der Waals surface area contributed by atoms with Crippen LogP contribution in [0.25, 0.3) is 11.0 Å². The Morgan fingerprint density at radius 2 is 2.32 bits per heavy atom. The minimum Gasteiger partial charge on any atom is -0.366 e. The summed E-state index contributed by atoms with van der Waals surface area (Å²) in [5, 5.41) is 3.55. The zero-order valence-corrected chi connectivity index (χ0v) is 11.2. The molecule has 1 amide bonds. The molecule has 0 aliphatic carbocycles. The predicted molar refractivity (Wildman–Crippen MR) is 73.8 cm³/mol. The number of primary amides is 1. The number of carbonyl (C=O) groups is 1. The van der Waals surface area contributed by atoms with Crippen LogP contribution in [-0.4, -0.2) is 21.9 Å². The zero-order valence-electron chi connectivity index (χ0n) is 11.2. The number of nitrogens with two attached hydrogens (primary N) is 1. The Hall–Kier alpha value is -1.88. The van der Waals surface area contributed by atoms with E-state index in [1.54, 1.807) is 6.07 Å². The molecule has 1 aliphatic rings. The average Bonchev–Trinajstić information content (AvgIpc) is 2.93. The summed E-state index contributed by atoms with van der Waals surface area (Å²) in [5.41, 5.74) is 7.21. The van der Waals surface area contributed by atoms with Gasteiger partial charge in [-0.25, -0.2) is 4.98 Å². The highest BCUT2D eigenvalue weighted by Gasteiger charge is 2.36. The number of nitrogens with zero attached hydrogens (tertiary/aromatic N) is 1. The van der Waals surface area contributed by atoms with Gasteiger partial charge in [-0.3, -0.25) is 4.79 Å². The first kappa shape index (κ1) is 12.2. The molecule has 0 spiro atoms. The van der Waals surface area contributed by atoms with Crippen molar-refractivity contribution in [2.75, 3.05) is 0 Å². The molecule has 0 radical (unpaired) electrons. The summed E-state index contributed by atoms with van der Waals surface area (Å²) in [6.45, 7) is 4.31. The molecule has 3 rings (SSSR count). The lowest BCUT2D eigenvalue weighted by atomic mass is 10.00. The normalized spacial score (nSPS) is 26.9. The molecule has 1 saturated heterocycles. The lowest BCUT2D eigenvalue weighted by Gasteiger charge is -2.22. The van der Waals surface area contributed by atoms with Crippen molar-refractivity contribution in [3.05, 3.63) is 29.6 Å². The summed E-state index contributed by atoms with van der Waals surface area (Å²) in [7, 11) is 0. The van der Waals surface area contributed by atoms with Gasteiger partial charge < -0.3 is 16.0 Å². The Labute approximate surface area is 111 Å². The van der Waals surface area contributed by atoms with Crippen LogP contribution in [0.15, 0.2) is 18.2 Å². The molecule has 2 aromatic rings. The molecule has 1 aromatic heterocycles. The number of carbonyl (C=O) groups excluding carboxylic acids is 1. The molecule has 1 unspecified atom stereocenters. The molecule has 1 fully saturated rings. The van der Waals surface area contributed by atoms with Crippen LogP contribution in [0.3, 0.4) is 0 Å². The standard InChI is InChI=1S/C14H18N4O/c1-8-6-7-14(2,18-8)13-16-10-5-3-4-9(12(15)19)11(10)17-13/h3-5,8,18H,6-7H2,1-2H3,(H2,15,19)(H,16,17)/t8?,14-/m1/s1. The third-order valence-corrected chi connectivity index (χ3v) is 3.94. The van der Waals surface area contributed by atoms with Crippen molar-refractivity contribution in [1.29, 1.82) is 0 Å². The summed E-state index contributed by atoms with van der Waals surface area (Å²) in [5.74, 6) is 0.433. The highest BCUT2D eigenvalue weighted by Crippen LogP contribution is 2.32. The summed E-state index contributed by atoms with van der Waals surface area (Å²) in [6.07, 6.45) is 2.15. The van der Waals surface area contributed by atoms with Gasteiger partial charge in [0.1, 0.15) is 11.3 Å². The third-order valence-electron chi connectivity index (χ3n) is 3.94. The number of hydrogen-bond donors (Lipinski definition) is 3. The van der Waals surface area contributed by atoms with Crippen LogP contribution >= 0.6 is 0 Å². The van der Waals surface area contributed by atoms with E-state index in [1.807, 2.05) is 12.1 Å². The fourth-order valence-corrected chi connectivity index (χ4v) is 2.87. The van der Waals surface area contributed by atoms with Gasteiger partial charge in [0.15, 0.2) is 0 Å². The van der Waals surface area contributed by atoms with Crippen molar-refractivity contribution in [2.45, 2.75) is 38.3 Å². The molecule has 19 heavy (non-hydrogen) atoms. The lowest BCUT2D eigenvalue weighted by Crippen LogP contribution is -2.37. The van der Waals surface area contributed by atoms with E-state index < -0.39 is 5.91 Å². The maximum Gasteiger partial charge on any atom is 0.250 e. The van der Waals surface area contributed by atoms with E-state index in [-0.39, 0.29) is 5.54 Å². The van der Waals surface area contributed by atoms with Gasteiger partial charge >= 0.3 is 0 Å². The Bertz CT molecular complexity index is 648. The minimum atomic E-state index is -0.443. The largest absolute Gasteiger partial charge is 0.366 e. The fourth-order valence-electron chi connectivity index (χ4n) is 2.87. The first-order chi connectivity index (χ1) is 8.99. The Kier molecular flexibility index (Phi) is 2.60. The van der Waals surface area contributed by atoms with Gasteiger partial charge in [-0.15, -0.1) is 0 Å². The van der Waals surface area contributed by atoms with Crippen molar-refractivity contribution < 1.29 is 4.79 Å². The maximum atomic E-state index is 11.4. The number of benzene rings is 1. The number of para-hydroxylation sites is 1. The van der Waals surface area contributed by atoms with Crippen LogP contribution < -0.4 is 11.1 Å². The summed E-state index contributed by atoms with van der Waals surface area (Å²) in [4.78, 5) is 19.3. The number of aromatic nitrogens is 2. The first-order valence-corrected chi connectivity index (χ1v) is 6.56. The monoisotopic (exact) mass is 258 g/mol. The van der Waals surface area contributed by atoms with Gasteiger partial charge in [0.2, 0.25) is 0 Å². The van der Waals surface area contributed by atoms with Crippen molar-refractivity contribution in [3.63, 3.8) is 0 Å². The van der Waals surface area contributed by atoms with Gasteiger partial charge in [0, 0.05) is 6.04 Å². The van der Waals surface area contributed by atoms with Crippen molar-refractivity contribution in [1.82, 2.24) is 15.3 Å². The van der Waals surface area contributed by atoms with Crippen LogP contribution in [-0.2, 0) is 5.54 Å². The predicted octanol–water partition coefficient (Wildman–Crippen LogP) is 1.65. The van der Waals surface area contributed by atoms with E-state index >= 15 is 0 Å². The molecule has 5 heteroatoms. The molecule has 1 aromatic carbocycles. The molecule has 0 saturated carbocycles. The number of rotatable bonds is 2. The zero-order chi connectivity index (χ0) is 13.6. The first-order valence-electron chi connectivity index (χ1n) is 6.56. The highest BCUT2D eigenvalue weighted by atomic mass is 16.1. The van der Waals surface area contributed by atoms with Crippen LogP contribution in [0, 0.1) is 0 Å². The Balaban J connectivity index is 2.12. The lowest BCUT2D eigenvalue weighted by molar-refractivity contribution is 0.100. The SMILES string of the molecule is CC1CC[C@](C)(c2nc3c(C(N)=O)cccc3[nH]2)N1. The molecule has 1 aliphatic heterocycles. The Morgan fingerprint density at radius 1 is 1.53 bits per heavy atom. The number of nitrogens with one attached hydrogen (secondary N) is 2. The number of aromatic amines is 1. The van der Waals surface area contributed by atoms with Crippen molar-refractivity contribution >= 4 is 16.9 Å². The van der Waals surface area contributed by atoms with E-state index in [1.165, 1.54) is 0 Å². The van der Waals surface area contributed by atoms with Crippen molar-refractivity contribution in [3.8, 4) is 0 Å². The van der Waals surface area contributed by atoms with Gasteiger partial charge in [0.25, 0.3) is 5.91 Å². The summed E-state index contributed by atoms with van der Waals surface area (Å²) >= 11 is 0. The van der Waals surface area contributed by atoms with E-state index in [0.29, 0.717) is 17.1 Å². The second-order valence-corrected chi connectivity index (χ2v) is 5.57.